The molecule has 13 nitrogen and oxygen atoms in total. The minimum absolute atomic E-state index is 0.0361. The van der Waals surface area contributed by atoms with Crippen LogP contribution in [0.4, 0.5) is 16.3 Å². The number of hydrogen-bond acceptors (Lipinski definition) is 9. The van der Waals surface area contributed by atoms with Crippen molar-refractivity contribution in [1.29, 1.82) is 0 Å². The van der Waals surface area contributed by atoms with Crippen molar-refractivity contribution in [3.63, 3.8) is 0 Å². The lowest BCUT2D eigenvalue weighted by Crippen LogP contribution is -2.30. The van der Waals surface area contributed by atoms with Crippen LogP contribution in [0.3, 0.4) is 0 Å². The quantitative estimate of drug-likeness (QED) is 0.194. The van der Waals surface area contributed by atoms with E-state index >= 15 is 0 Å². The number of urea groups is 1. The Morgan fingerprint density at radius 1 is 0.980 bits per heavy atom. The second-order valence-corrected chi connectivity index (χ2v) is 12.8. The molecule has 2 saturated carbocycles. The van der Waals surface area contributed by atoms with Gasteiger partial charge < -0.3 is 19.2 Å². The van der Waals surface area contributed by atoms with Crippen LogP contribution < -0.4 is 19.7 Å². The first kappa shape index (κ1) is 30.5. The molecular formula is C36H34N8O5. The van der Waals surface area contributed by atoms with E-state index in [1.54, 1.807) is 18.3 Å². The number of aryl methyl sites for hydroxylation is 1. The van der Waals surface area contributed by atoms with Crippen LogP contribution in [-0.2, 0) is 22.8 Å². The highest BCUT2D eigenvalue weighted by Gasteiger charge is 2.46. The van der Waals surface area contributed by atoms with Gasteiger partial charge in [-0.3, -0.25) is 19.4 Å². The third-order valence-electron chi connectivity index (χ3n) is 9.04. The van der Waals surface area contributed by atoms with Crippen molar-refractivity contribution in [3.05, 3.63) is 102 Å². The predicted molar refractivity (Wildman–Crippen MR) is 178 cm³/mol. The maximum atomic E-state index is 13.3. The number of carbonyl (C=O) groups is 3. The van der Waals surface area contributed by atoms with Crippen molar-refractivity contribution >= 4 is 35.0 Å². The maximum absolute atomic E-state index is 13.3. The van der Waals surface area contributed by atoms with Crippen LogP contribution in [0.15, 0.2) is 73.2 Å². The molecule has 4 aromatic heterocycles. The first-order chi connectivity index (χ1) is 23.8. The summed E-state index contributed by atoms with van der Waals surface area (Å²) in [6, 6.07) is 16.5. The molecule has 8 rings (SSSR count). The summed E-state index contributed by atoms with van der Waals surface area (Å²) in [4.78, 5) is 59.3. The summed E-state index contributed by atoms with van der Waals surface area (Å²) >= 11 is 0. The molecule has 2 atom stereocenters. The van der Waals surface area contributed by atoms with Crippen molar-refractivity contribution < 1.29 is 23.9 Å². The van der Waals surface area contributed by atoms with E-state index in [-0.39, 0.29) is 48.7 Å². The number of fused-ring (bicyclic) bond motifs is 1. The molecule has 4 amide bonds. The number of ether oxygens (including phenoxy) is 2. The number of benzene rings is 1. The number of carbonyl (C=O) groups excluding carboxylic acids is 3. The van der Waals surface area contributed by atoms with Gasteiger partial charge in [-0.25, -0.2) is 19.7 Å². The van der Waals surface area contributed by atoms with E-state index in [2.05, 4.69) is 20.3 Å². The monoisotopic (exact) mass is 658 g/mol. The molecule has 49 heavy (non-hydrogen) atoms. The molecule has 1 unspecified atom stereocenters. The number of anilines is 2. The highest BCUT2D eigenvalue weighted by atomic mass is 16.5. The SMILES string of the molecule is Cc1ccnc([C@H]2CC2C(=O)Nc2cc(OCc3ccccc3)cc(OCc3cn4cc(C5CC5)cc(N5CC(=O)N(C)C5=O)c4n3)n2)n1. The van der Waals surface area contributed by atoms with Crippen molar-refractivity contribution in [2.45, 2.75) is 51.2 Å². The van der Waals surface area contributed by atoms with Crippen LogP contribution in [0.2, 0.25) is 0 Å². The number of nitrogens with zero attached hydrogens (tertiary/aromatic N) is 7. The normalized spacial score (nSPS) is 18.7. The zero-order valence-electron chi connectivity index (χ0n) is 27.1. The van der Waals surface area contributed by atoms with Gasteiger partial charge in [0.25, 0.3) is 0 Å². The van der Waals surface area contributed by atoms with Crippen LogP contribution in [0.25, 0.3) is 5.65 Å². The number of nitrogens with one attached hydrogen (secondary N) is 1. The van der Waals surface area contributed by atoms with Gasteiger partial charge in [-0.05, 0) is 55.4 Å². The third kappa shape index (κ3) is 6.39. The molecule has 3 fully saturated rings. The number of rotatable bonds is 11. The lowest BCUT2D eigenvalue weighted by molar-refractivity contribution is -0.124. The van der Waals surface area contributed by atoms with Crippen molar-refractivity contribution in [3.8, 4) is 11.6 Å². The maximum Gasteiger partial charge on any atom is 0.331 e. The molecule has 0 bridgehead atoms. The second-order valence-electron chi connectivity index (χ2n) is 12.8. The Bertz CT molecular complexity index is 2100. The van der Waals surface area contributed by atoms with Gasteiger partial charge in [0.05, 0.1) is 11.4 Å². The fourth-order valence-corrected chi connectivity index (χ4v) is 6.07. The number of imidazole rings is 1. The second kappa shape index (κ2) is 12.3. The Balaban J connectivity index is 1.03. The summed E-state index contributed by atoms with van der Waals surface area (Å²) in [6.45, 7) is 2.25. The minimum Gasteiger partial charge on any atom is -0.489 e. The molecule has 1 N–H and O–H groups in total. The summed E-state index contributed by atoms with van der Waals surface area (Å²) in [5.74, 6) is 1.38. The molecule has 1 aliphatic heterocycles. The van der Waals surface area contributed by atoms with Gasteiger partial charge in [0, 0.05) is 55.3 Å². The molecule has 3 aliphatic rings. The predicted octanol–water partition coefficient (Wildman–Crippen LogP) is 5.00. The Kier molecular flexibility index (Phi) is 7.66. The van der Waals surface area contributed by atoms with E-state index in [1.807, 2.05) is 66.2 Å². The first-order valence-corrected chi connectivity index (χ1v) is 16.3. The van der Waals surface area contributed by atoms with E-state index in [1.165, 1.54) is 11.9 Å². The van der Waals surface area contributed by atoms with Crippen LogP contribution in [0, 0.1) is 12.8 Å². The molecule has 13 heteroatoms. The Labute approximate surface area is 281 Å². The number of likely N-dealkylation sites (N-methyl/N-ethyl adjacent to an activating group) is 1. The van der Waals surface area contributed by atoms with Crippen LogP contribution in [0.1, 0.15) is 59.4 Å². The topological polar surface area (TPSA) is 144 Å². The van der Waals surface area contributed by atoms with Crippen molar-refractivity contribution in [2.24, 2.45) is 5.92 Å². The smallest absolute Gasteiger partial charge is 0.331 e. The van der Waals surface area contributed by atoms with Crippen LogP contribution >= 0.6 is 0 Å². The molecule has 5 heterocycles. The zero-order chi connectivity index (χ0) is 33.6. The van der Waals surface area contributed by atoms with Crippen molar-refractivity contribution in [1.82, 2.24) is 29.2 Å². The molecule has 1 aromatic carbocycles. The molecule has 0 radical (unpaired) electrons. The number of pyridine rings is 2. The standard InChI is InChI=1S/C36H34N8O5/c1-21-10-11-37-33(38-21)27-15-28(27)35(46)41-30-13-26(48-19-22-6-4-3-5-7-22)14-31(40-30)49-20-25-17-43-16-24(23-8-9-23)12-29(34(43)39-25)44-18-32(45)42(2)36(44)47/h3-7,10-14,16-17,23,27-28H,8-9,15,18-20H2,1-2H3,(H,40,41,46)/t27-,28?/m0/s1. The van der Waals surface area contributed by atoms with Gasteiger partial charge in [-0.15, -0.1) is 0 Å². The number of aromatic nitrogens is 5. The Morgan fingerprint density at radius 3 is 2.57 bits per heavy atom. The number of imide groups is 1. The average molecular weight is 659 g/mol. The van der Waals surface area contributed by atoms with E-state index in [4.69, 9.17) is 14.5 Å². The lowest BCUT2D eigenvalue weighted by Gasteiger charge is -2.17. The zero-order valence-corrected chi connectivity index (χ0v) is 27.1. The summed E-state index contributed by atoms with van der Waals surface area (Å²) in [7, 11) is 1.49. The van der Waals surface area contributed by atoms with Gasteiger partial charge in [0.1, 0.15) is 37.2 Å². The molecule has 2 aliphatic carbocycles. The van der Waals surface area contributed by atoms with E-state index in [0.29, 0.717) is 53.4 Å². The fraction of sp³-hybridized carbons (Fsp3) is 0.306. The van der Waals surface area contributed by atoms with Gasteiger partial charge in [-0.1, -0.05) is 30.3 Å². The van der Waals surface area contributed by atoms with E-state index in [9.17, 15) is 14.4 Å². The van der Waals surface area contributed by atoms with E-state index in [0.717, 1.165) is 34.6 Å². The van der Waals surface area contributed by atoms with E-state index < -0.39 is 0 Å². The summed E-state index contributed by atoms with van der Waals surface area (Å²) in [5, 5.41) is 2.94. The lowest BCUT2D eigenvalue weighted by atomic mass is 10.1. The van der Waals surface area contributed by atoms with Crippen LogP contribution in [0.5, 0.6) is 11.6 Å². The molecule has 1 saturated heterocycles. The largest absolute Gasteiger partial charge is 0.489 e. The molecule has 5 aromatic rings. The summed E-state index contributed by atoms with van der Waals surface area (Å²) < 4.78 is 14.1. The fourth-order valence-electron chi connectivity index (χ4n) is 6.07. The van der Waals surface area contributed by atoms with Gasteiger partial charge in [-0.2, -0.15) is 4.98 Å². The summed E-state index contributed by atoms with van der Waals surface area (Å²) in [6.07, 6.45) is 8.42. The first-order valence-electron chi connectivity index (χ1n) is 16.3. The minimum atomic E-state index is -0.379. The number of amides is 4. The Hall–Kier alpha value is -5.85. The molecule has 0 spiro atoms. The van der Waals surface area contributed by atoms with Gasteiger partial charge >= 0.3 is 6.03 Å². The van der Waals surface area contributed by atoms with Gasteiger partial charge in [0.2, 0.25) is 17.7 Å². The van der Waals surface area contributed by atoms with Crippen molar-refractivity contribution in [2.75, 3.05) is 23.8 Å². The Morgan fingerprint density at radius 2 is 1.82 bits per heavy atom. The van der Waals surface area contributed by atoms with Crippen LogP contribution in [-0.4, -0.2) is 60.7 Å². The molecular weight excluding hydrogens is 624 g/mol. The molecule has 248 valence electrons. The third-order valence-corrected chi connectivity index (χ3v) is 9.04. The highest BCUT2D eigenvalue weighted by Crippen LogP contribution is 2.46. The highest BCUT2D eigenvalue weighted by molar-refractivity contribution is 6.13. The summed E-state index contributed by atoms with van der Waals surface area (Å²) in [5.41, 5.74) is 4.69. The number of hydrogen-bond donors (Lipinski definition) is 1. The van der Waals surface area contributed by atoms with Gasteiger partial charge in [0.15, 0.2) is 5.65 Å². The average Bonchev–Trinajstić information content (AvgIpc) is 4.04.